The summed E-state index contributed by atoms with van der Waals surface area (Å²) < 4.78 is 7.72. The van der Waals surface area contributed by atoms with E-state index in [2.05, 4.69) is 67.6 Å². The van der Waals surface area contributed by atoms with Crippen LogP contribution in [0.1, 0.15) is 50.4 Å². The number of hydrogen-bond acceptors (Lipinski definition) is 4. The molecule has 3 aromatic heterocycles. The molecule has 0 aliphatic carbocycles. The van der Waals surface area contributed by atoms with Gasteiger partial charge in [0.15, 0.2) is 0 Å². The van der Waals surface area contributed by atoms with E-state index in [1.165, 1.54) is 5.56 Å². The SMILES string of the molecule is CCC(COC)n1cc(C)c2nc(-c3ccc(C(C)C)nc3N(C)C)ccc21. The normalized spacial score (nSPS) is 12.7. The van der Waals surface area contributed by atoms with Crippen LogP contribution in [0.2, 0.25) is 0 Å². The van der Waals surface area contributed by atoms with Crippen molar-refractivity contribution in [3.63, 3.8) is 0 Å². The van der Waals surface area contributed by atoms with Gasteiger partial charge in [-0.25, -0.2) is 9.97 Å². The van der Waals surface area contributed by atoms with Gasteiger partial charge in [0.2, 0.25) is 0 Å². The van der Waals surface area contributed by atoms with E-state index in [9.17, 15) is 0 Å². The van der Waals surface area contributed by atoms with Crippen LogP contribution in [0.15, 0.2) is 30.5 Å². The van der Waals surface area contributed by atoms with Crippen LogP contribution in [0.3, 0.4) is 0 Å². The topological polar surface area (TPSA) is 43.2 Å². The molecule has 3 aromatic rings. The Bertz CT molecular complexity index is 959. The number of aryl methyl sites for hydroxylation is 1. The molecule has 3 heterocycles. The van der Waals surface area contributed by atoms with Crippen LogP contribution in [0.4, 0.5) is 5.82 Å². The number of fused-ring (bicyclic) bond motifs is 1. The van der Waals surface area contributed by atoms with Crippen LogP contribution >= 0.6 is 0 Å². The Balaban J connectivity index is 2.12. The molecule has 0 radical (unpaired) electrons. The van der Waals surface area contributed by atoms with E-state index in [-0.39, 0.29) is 0 Å². The maximum Gasteiger partial charge on any atom is 0.137 e. The van der Waals surface area contributed by atoms with Crippen molar-refractivity contribution in [1.29, 1.82) is 0 Å². The molecule has 0 saturated heterocycles. The molecule has 28 heavy (non-hydrogen) atoms. The molecule has 5 nitrogen and oxygen atoms in total. The van der Waals surface area contributed by atoms with E-state index < -0.39 is 0 Å². The number of methoxy groups -OCH3 is 1. The van der Waals surface area contributed by atoms with Gasteiger partial charge in [0.1, 0.15) is 5.82 Å². The van der Waals surface area contributed by atoms with E-state index >= 15 is 0 Å². The average Bonchev–Trinajstić information content (AvgIpc) is 3.01. The van der Waals surface area contributed by atoms with E-state index in [4.69, 9.17) is 14.7 Å². The molecule has 5 heteroatoms. The van der Waals surface area contributed by atoms with E-state index in [1.54, 1.807) is 7.11 Å². The van der Waals surface area contributed by atoms with Crippen LogP contribution < -0.4 is 4.90 Å². The highest BCUT2D eigenvalue weighted by molar-refractivity contribution is 5.84. The minimum atomic E-state index is 0.318. The third-order valence-corrected chi connectivity index (χ3v) is 5.27. The zero-order valence-corrected chi connectivity index (χ0v) is 18.2. The van der Waals surface area contributed by atoms with E-state index in [0.29, 0.717) is 18.6 Å². The lowest BCUT2D eigenvalue weighted by Gasteiger charge is -2.19. The number of anilines is 1. The van der Waals surface area contributed by atoms with Gasteiger partial charge in [-0.3, -0.25) is 0 Å². The van der Waals surface area contributed by atoms with Crippen molar-refractivity contribution in [1.82, 2.24) is 14.5 Å². The van der Waals surface area contributed by atoms with Crippen LogP contribution in [-0.2, 0) is 4.74 Å². The van der Waals surface area contributed by atoms with Crippen molar-refractivity contribution >= 4 is 16.9 Å². The predicted molar refractivity (Wildman–Crippen MR) is 117 cm³/mol. The molecule has 0 aliphatic heterocycles. The molecule has 1 atom stereocenters. The molecule has 0 fully saturated rings. The molecule has 0 amide bonds. The minimum Gasteiger partial charge on any atom is -0.383 e. The lowest BCUT2D eigenvalue weighted by atomic mass is 10.1. The van der Waals surface area contributed by atoms with Gasteiger partial charge in [-0.05, 0) is 49.1 Å². The van der Waals surface area contributed by atoms with Gasteiger partial charge in [-0.15, -0.1) is 0 Å². The van der Waals surface area contributed by atoms with Crippen molar-refractivity contribution in [2.45, 2.75) is 46.1 Å². The van der Waals surface area contributed by atoms with Crippen LogP contribution in [0.5, 0.6) is 0 Å². The summed E-state index contributed by atoms with van der Waals surface area (Å²) in [5.74, 6) is 1.35. The summed E-state index contributed by atoms with van der Waals surface area (Å²) in [6.07, 6.45) is 3.21. The van der Waals surface area contributed by atoms with Gasteiger partial charge in [0.25, 0.3) is 0 Å². The van der Waals surface area contributed by atoms with Crippen molar-refractivity contribution in [3.05, 3.63) is 41.7 Å². The standard InChI is InChI=1S/C23H32N4O/c1-8-17(14-28-7)27-13-16(4)22-21(27)12-11-20(24-22)18-9-10-19(15(2)3)25-23(18)26(5)6/h9-13,15,17H,8,14H2,1-7H3. The van der Waals surface area contributed by atoms with Crippen molar-refractivity contribution in [3.8, 4) is 11.3 Å². The monoisotopic (exact) mass is 380 g/mol. The fourth-order valence-corrected chi connectivity index (χ4v) is 3.65. The molecule has 0 saturated carbocycles. The Morgan fingerprint density at radius 2 is 1.86 bits per heavy atom. The number of pyridine rings is 2. The van der Waals surface area contributed by atoms with E-state index in [1.807, 2.05) is 14.1 Å². The fourth-order valence-electron chi connectivity index (χ4n) is 3.65. The molecule has 150 valence electrons. The molecule has 3 rings (SSSR count). The van der Waals surface area contributed by atoms with Crippen LogP contribution in [0, 0.1) is 6.92 Å². The summed E-state index contributed by atoms with van der Waals surface area (Å²) >= 11 is 0. The molecule has 0 spiro atoms. The molecule has 0 aromatic carbocycles. The molecule has 1 unspecified atom stereocenters. The van der Waals surface area contributed by atoms with Gasteiger partial charge in [0, 0.05) is 38.7 Å². The van der Waals surface area contributed by atoms with Gasteiger partial charge >= 0.3 is 0 Å². The number of aromatic nitrogens is 3. The lowest BCUT2D eigenvalue weighted by Crippen LogP contribution is -2.14. The molecular weight excluding hydrogens is 348 g/mol. The molecule has 0 aliphatic rings. The lowest BCUT2D eigenvalue weighted by molar-refractivity contribution is 0.155. The molecule has 0 N–H and O–H groups in total. The Hall–Kier alpha value is -2.40. The van der Waals surface area contributed by atoms with Gasteiger partial charge in [-0.2, -0.15) is 0 Å². The first kappa shape index (κ1) is 20.3. The highest BCUT2D eigenvalue weighted by Gasteiger charge is 2.17. The predicted octanol–water partition coefficient (Wildman–Crippen LogP) is 5.19. The van der Waals surface area contributed by atoms with Gasteiger partial charge in [-0.1, -0.05) is 20.8 Å². The molecular formula is C23H32N4O. The Kier molecular flexibility index (Phi) is 6.04. The Labute approximate surface area is 168 Å². The summed E-state index contributed by atoms with van der Waals surface area (Å²) in [7, 11) is 5.83. The minimum absolute atomic E-state index is 0.318. The van der Waals surface area contributed by atoms with Crippen LogP contribution in [-0.4, -0.2) is 42.3 Å². The maximum atomic E-state index is 5.42. The first-order chi connectivity index (χ1) is 13.4. The quantitative estimate of drug-likeness (QED) is 0.565. The van der Waals surface area contributed by atoms with Crippen LogP contribution in [0.25, 0.3) is 22.3 Å². The summed E-state index contributed by atoms with van der Waals surface area (Å²) in [5.41, 5.74) is 6.51. The second kappa shape index (κ2) is 8.31. The molecule has 0 bridgehead atoms. The van der Waals surface area contributed by atoms with Crippen molar-refractivity contribution < 1.29 is 4.74 Å². The smallest absolute Gasteiger partial charge is 0.137 e. The number of rotatable bonds is 7. The number of hydrogen-bond donors (Lipinski definition) is 0. The largest absolute Gasteiger partial charge is 0.383 e. The first-order valence-electron chi connectivity index (χ1n) is 10.0. The summed E-state index contributed by atoms with van der Waals surface area (Å²) in [5, 5.41) is 0. The maximum absolute atomic E-state index is 5.42. The zero-order chi connectivity index (χ0) is 20.4. The number of nitrogens with zero attached hydrogens (tertiary/aromatic N) is 4. The van der Waals surface area contributed by atoms with Crippen molar-refractivity contribution in [2.75, 3.05) is 32.7 Å². The Morgan fingerprint density at radius 3 is 2.46 bits per heavy atom. The zero-order valence-electron chi connectivity index (χ0n) is 18.2. The van der Waals surface area contributed by atoms with Gasteiger partial charge < -0.3 is 14.2 Å². The summed E-state index contributed by atoms with van der Waals surface area (Å²) in [6, 6.07) is 8.87. The highest BCUT2D eigenvalue weighted by atomic mass is 16.5. The average molecular weight is 381 g/mol. The third-order valence-electron chi connectivity index (χ3n) is 5.27. The van der Waals surface area contributed by atoms with Crippen molar-refractivity contribution in [2.24, 2.45) is 0 Å². The summed E-state index contributed by atoms with van der Waals surface area (Å²) in [6.45, 7) is 9.36. The summed E-state index contributed by atoms with van der Waals surface area (Å²) in [4.78, 5) is 12.0. The second-order valence-electron chi connectivity index (χ2n) is 7.96. The third kappa shape index (κ3) is 3.76. The second-order valence-corrected chi connectivity index (χ2v) is 7.96. The van der Waals surface area contributed by atoms with Gasteiger partial charge in [0.05, 0.1) is 29.4 Å². The number of ether oxygens (including phenoxy) is 1. The first-order valence-corrected chi connectivity index (χ1v) is 10.0. The fraction of sp³-hybridized carbons (Fsp3) is 0.478. The Morgan fingerprint density at radius 1 is 1.11 bits per heavy atom. The highest BCUT2D eigenvalue weighted by Crippen LogP contribution is 2.32. The van der Waals surface area contributed by atoms with E-state index in [0.717, 1.165) is 40.2 Å².